The molecule has 1 amide bonds. The van der Waals surface area contributed by atoms with Gasteiger partial charge in [0.1, 0.15) is 0 Å². The summed E-state index contributed by atoms with van der Waals surface area (Å²) in [5.74, 6) is -1.83. The van der Waals surface area contributed by atoms with Crippen LogP contribution in [0.1, 0.15) is 118 Å². The van der Waals surface area contributed by atoms with Crippen molar-refractivity contribution in [3.63, 3.8) is 0 Å². The molecule has 13 heteroatoms. The van der Waals surface area contributed by atoms with E-state index in [-0.39, 0.29) is 17.6 Å². The van der Waals surface area contributed by atoms with Crippen molar-refractivity contribution >= 4 is 50.9 Å². The molecule has 1 fully saturated rings. The molecule has 1 aromatic heterocycles. The molecule has 0 saturated carbocycles. The smallest absolute Gasteiger partial charge is 0.275 e. The van der Waals surface area contributed by atoms with Crippen molar-refractivity contribution in [1.29, 1.82) is 0 Å². The number of hydrogen-bond donors (Lipinski definition) is 2. The summed E-state index contributed by atoms with van der Waals surface area (Å²) in [6.45, 7) is 8.92. The average molecular weight is 709 g/mol. The second-order valence-electron chi connectivity index (χ2n) is 13.8. The van der Waals surface area contributed by atoms with Gasteiger partial charge in [-0.2, -0.15) is 9.67 Å². The number of halogens is 1. The van der Waals surface area contributed by atoms with Crippen LogP contribution < -0.4 is 14.9 Å². The lowest BCUT2D eigenvalue weighted by Gasteiger charge is -2.31. The predicted molar refractivity (Wildman–Crippen MR) is 194 cm³/mol. The lowest BCUT2D eigenvalue weighted by atomic mass is 9.85. The van der Waals surface area contributed by atoms with Crippen molar-refractivity contribution in [2.45, 2.75) is 123 Å². The topological polar surface area (TPSA) is 136 Å². The zero-order valence-electron chi connectivity index (χ0n) is 29.4. The Morgan fingerprint density at radius 2 is 1.38 bits per heavy atom. The van der Waals surface area contributed by atoms with Crippen LogP contribution in [0.4, 0.5) is 17.6 Å². The second-order valence-corrected chi connectivity index (χ2v) is 16.2. The van der Waals surface area contributed by atoms with Gasteiger partial charge in [0, 0.05) is 24.2 Å². The van der Waals surface area contributed by atoms with Gasteiger partial charge < -0.3 is 15.0 Å². The first-order chi connectivity index (χ1) is 22.9. The van der Waals surface area contributed by atoms with Crippen molar-refractivity contribution < 1.29 is 22.7 Å². The van der Waals surface area contributed by atoms with Gasteiger partial charge in [0.05, 0.1) is 19.0 Å². The van der Waals surface area contributed by atoms with Crippen LogP contribution in [-0.4, -0.2) is 66.9 Å². The van der Waals surface area contributed by atoms with Crippen molar-refractivity contribution in [3.8, 4) is 0 Å². The molecule has 0 bridgehead atoms. The number of nitrogens with zero attached hydrogens (tertiary/aromatic N) is 4. The average Bonchev–Trinajstić information content (AvgIpc) is 3.48. The van der Waals surface area contributed by atoms with Crippen LogP contribution in [0.25, 0.3) is 0 Å². The number of nitrogens with one attached hydrogen (secondary N) is 2. The predicted octanol–water partition coefficient (Wildman–Crippen LogP) is 7.48. The molecular weight excluding hydrogens is 652 g/mol. The number of carbonyl (C=O) groups excluding carboxylic acids is 2. The minimum Gasteiger partial charge on any atom is -0.378 e. The van der Waals surface area contributed by atoms with Crippen LogP contribution in [0.15, 0.2) is 30.3 Å². The molecule has 1 saturated heterocycles. The Bertz CT molecular complexity index is 1380. The summed E-state index contributed by atoms with van der Waals surface area (Å²) in [5.41, 5.74) is -0.673. The number of benzene rings is 1. The van der Waals surface area contributed by atoms with Crippen molar-refractivity contribution in [2.24, 2.45) is 5.41 Å². The Hall–Kier alpha value is -2.70. The highest BCUT2D eigenvalue weighted by atomic mass is 35.5. The largest absolute Gasteiger partial charge is 0.378 e. The van der Waals surface area contributed by atoms with E-state index in [1.807, 2.05) is 0 Å². The SMILES string of the molecule is CCCCCCCCCCCCCCCCS(=O)(=O)Nc1nc(N2CCOCC2)nn1C(Cl)(C(=O)Nc1ccccc1)C(=O)C(C)(C)C. The highest BCUT2D eigenvalue weighted by Crippen LogP contribution is 2.37. The van der Waals surface area contributed by atoms with Crippen LogP contribution in [0.2, 0.25) is 0 Å². The molecule has 11 nitrogen and oxygen atoms in total. The van der Waals surface area contributed by atoms with Crippen molar-refractivity contribution in [2.75, 3.05) is 47.0 Å². The van der Waals surface area contributed by atoms with Gasteiger partial charge in [-0.1, -0.05) is 141 Å². The number of Topliss-reactive ketones (excluding diaryl/α,β-unsaturated/α-hetero) is 1. The van der Waals surface area contributed by atoms with Crippen LogP contribution >= 0.6 is 11.6 Å². The summed E-state index contributed by atoms with van der Waals surface area (Å²) in [4.78, 5) is 31.7. The van der Waals surface area contributed by atoms with Crippen molar-refractivity contribution in [3.05, 3.63) is 30.3 Å². The van der Waals surface area contributed by atoms with Gasteiger partial charge in [0.25, 0.3) is 10.9 Å². The lowest BCUT2D eigenvalue weighted by Crippen LogP contribution is -2.52. The van der Waals surface area contributed by atoms with E-state index >= 15 is 0 Å². The second kappa shape index (κ2) is 19.5. The highest BCUT2D eigenvalue weighted by Gasteiger charge is 2.53. The normalized spacial score (nSPS) is 15.2. The Labute approximate surface area is 293 Å². The van der Waals surface area contributed by atoms with E-state index < -0.39 is 32.1 Å². The minimum absolute atomic E-state index is 0.135. The van der Waals surface area contributed by atoms with Gasteiger partial charge in [-0.15, -0.1) is 5.10 Å². The van der Waals surface area contributed by atoms with E-state index in [1.54, 1.807) is 56.0 Å². The summed E-state index contributed by atoms with van der Waals surface area (Å²) in [7, 11) is -3.92. The van der Waals surface area contributed by atoms with Gasteiger partial charge in [-0.25, -0.2) is 8.42 Å². The standard InChI is InChI=1S/C35H57ClN6O5S/c1-5-6-7-8-9-10-11-12-13-14-15-16-17-21-28-48(45,46)40-33-38-32(41-24-26-47-27-25-41)39-42(33)35(36,30(43)34(2,3)4)31(44)37-29-22-19-18-20-23-29/h18-20,22-23H,5-17,21,24-28H2,1-4H3,(H,37,44)(H,38,39,40). The van der Waals surface area contributed by atoms with E-state index in [1.165, 1.54) is 64.2 Å². The number of sulfonamides is 1. The fourth-order valence-electron chi connectivity index (χ4n) is 5.68. The number of anilines is 3. The molecule has 0 radical (unpaired) electrons. The summed E-state index contributed by atoms with van der Waals surface area (Å²) >= 11 is 7.05. The van der Waals surface area contributed by atoms with Gasteiger partial charge in [-0.05, 0) is 18.6 Å². The Morgan fingerprint density at radius 1 is 0.854 bits per heavy atom. The number of hydrogen-bond acceptors (Lipinski definition) is 8. The molecule has 2 N–H and O–H groups in total. The molecule has 270 valence electrons. The first kappa shape index (κ1) is 39.7. The number of alkyl halides is 1. The zero-order valence-corrected chi connectivity index (χ0v) is 31.0. The third-order valence-corrected chi connectivity index (χ3v) is 10.3. The number of rotatable bonds is 22. The quantitative estimate of drug-likeness (QED) is 0.0730. The van der Waals surface area contributed by atoms with Crippen LogP contribution in [0, 0.1) is 5.41 Å². The highest BCUT2D eigenvalue weighted by molar-refractivity contribution is 7.92. The third-order valence-electron chi connectivity index (χ3n) is 8.51. The third kappa shape index (κ3) is 12.3. The lowest BCUT2D eigenvalue weighted by molar-refractivity contribution is -0.138. The molecule has 48 heavy (non-hydrogen) atoms. The van der Waals surface area contributed by atoms with Gasteiger partial charge in [0.2, 0.25) is 21.9 Å². The zero-order chi connectivity index (χ0) is 35.0. The fraction of sp³-hybridized carbons (Fsp3) is 0.714. The molecule has 2 heterocycles. The minimum atomic E-state index is -3.92. The number of aromatic nitrogens is 3. The van der Waals surface area contributed by atoms with Crippen LogP contribution in [0.3, 0.4) is 0 Å². The van der Waals surface area contributed by atoms with Gasteiger partial charge in [0.15, 0.2) is 5.78 Å². The molecule has 1 aromatic carbocycles. The van der Waals surface area contributed by atoms with E-state index in [0.29, 0.717) is 38.4 Å². The molecular formula is C35H57ClN6O5S. The molecule has 1 aliphatic heterocycles. The Kier molecular flexibility index (Phi) is 16.1. The summed E-state index contributed by atoms with van der Waals surface area (Å²) < 4.78 is 35.6. The number of morpholine rings is 1. The van der Waals surface area contributed by atoms with Crippen LogP contribution in [-0.2, 0) is 29.3 Å². The summed E-state index contributed by atoms with van der Waals surface area (Å²) in [6.07, 6.45) is 16.3. The first-order valence-electron chi connectivity index (χ1n) is 17.8. The number of ketones is 1. The number of ether oxygens (including phenoxy) is 1. The van der Waals surface area contributed by atoms with Crippen LogP contribution in [0.5, 0.6) is 0 Å². The Morgan fingerprint density at radius 3 is 1.90 bits per heavy atom. The molecule has 0 aliphatic carbocycles. The molecule has 0 spiro atoms. The number of para-hydroxylation sites is 1. The van der Waals surface area contributed by atoms with Gasteiger partial charge in [-0.3, -0.25) is 14.3 Å². The Balaban J connectivity index is 1.67. The first-order valence-corrected chi connectivity index (χ1v) is 19.8. The summed E-state index contributed by atoms with van der Waals surface area (Å²) in [5, 5.41) is 7.20. The monoisotopic (exact) mass is 708 g/mol. The number of carbonyl (C=O) groups is 2. The number of amides is 1. The van der Waals surface area contributed by atoms with E-state index in [9.17, 15) is 18.0 Å². The summed E-state index contributed by atoms with van der Waals surface area (Å²) in [6, 6.07) is 8.59. The molecule has 1 atom stereocenters. The molecule has 3 rings (SSSR count). The van der Waals surface area contributed by atoms with E-state index in [0.717, 1.165) is 23.9 Å². The van der Waals surface area contributed by atoms with Gasteiger partial charge >= 0.3 is 0 Å². The van der Waals surface area contributed by atoms with E-state index in [2.05, 4.69) is 27.0 Å². The molecule has 1 aliphatic rings. The fourth-order valence-corrected chi connectivity index (χ4v) is 7.23. The maximum atomic E-state index is 13.9. The molecule has 2 aromatic rings. The van der Waals surface area contributed by atoms with Crippen molar-refractivity contribution in [1.82, 2.24) is 14.8 Å². The molecule has 1 unspecified atom stereocenters. The van der Waals surface area contributed by atoms with E-state index in [4.69, 9.17) is 16.3 Å². The maximum Gasteiger partial charge on any atom is 0.275 e. The number of unbranched alkanes of at least 4 members (excludes halogenated alkanes) is 13. The maximum absolute atomic E-state index is 13.9.